The quantitative estimate of drug-likeness (QED) is 0.701. The lowest BCUT2D eigenvalue weighted by atomic mass is 10.1. The van der Waals surface area contributed by atoms with E-state index in [1.807, 2.05) is 18.2 Å². The first-order valence-electron chi connectivity index (χ1n) is 7.24. The zero-order valence-electron chi connectivity index (χ0n) is 12.1. The number of benzene rings is 2. The summed E-state index contributed by atoms with van der Waals surface area (Å²) in [6.07, 6.45) is 2.86. The van der Waals surface area contributed by atoms with Crippen LogP contribution in [-0.2, 0) is 12.8 Å². The Hall–Kier alpha value is -2.42. The van der Waals surface area contributed by atoms with E-state index in [4.69, 9.17) is 4.42 Å². The van der Waals surface area contributed by atoms with Gasteiger partial charge in [0.25, 0.3) is 0 Å². The number of rotatable bonds is 5. The highest BCUT2D eigenvalue weighted by Crippen LogP contribution is 2.19. The zero-order chi connectivity index (χ0) is 14.5. The monoisotopic (exact) mass is 278 g/mol. The average molecular weight is 278 g/mol. The molecule has 0 N–H and O–H groups in total. The maximum Gasteiger partial charge on any atom is 0.247 e. The third-order valence-corrected chi connectivity index (χ3v) is 3.43. The Morgan fingerprint density at radius 3 is 2.57 bits per heavy atom. The first-order chi connectivity index (χ1) is 10.3. The highest BCUT2D eigenvalue weighted by atomic mass is 16.4. The summed E-state index contributed by atoms with van der Waals surface area (Å²) in [5, 5.41) is 8.27. The van der Waals surface area contributed by atoms with Gasteiger partial charge in [-0.1, -0.05) is 48.0 Å². The molecule has 3 aromatic rings. The van der Waals surface area contributed by atoms with Crippen molar-refractivity contribution < 1.29 is 4.42 Å². The predicted octanol–water partition coefficient (Wildman–Crippen LogP) is 4.22. The van der Waals surface area contributed by atoms with E-state index in [-0.39, 0.29) is 0 Å². The number of hydrogen-bond acceptors (Lipinski definition) is 3. The second-order valence-electron chi connectivity index (χ2n) is 5.21. The van der Waals surface area contributed by atoms with Crippen LogP contribution in [-0.4, -0.2) is 10.2 Å². The molecule has 0 bridgehead atoms. The van der Waals surface area contributed by atoms with Gasteiger partial charge in [-0.25, -0.2) is 0 Å². The maximum absolute atomic E-state index is 5.74. The first-order valence-corrected chi connectivity index (χ1v) is 7.24. The molecule has 106 valence electrons. The Labute approximate surface area is 124 Å². The van der Waals surface area contributed by atoms with Crippen molar-refractivity contribution in [2.45, 2.75) is 26.2 Å². The minimum atomic E-state index is 0.605. The smallest absolute Gasteiger partial charge is 0.247 e. The summed E-state index contributed by atoms with van der Waals surface area (Å²) in [7, 11) is 0. The minimum absolute atomic E-state index is 0.605. The maximum atomic E-state index is 5.74. The summed E-state index contributed by atoms with van der Waals surface area (Å²) in [6.45, 7) is 2.06. The van der Waals surface area contributed by atoms with Gasteiger partial charge in [0.15, 0.2) is 0 Å². The Balaban J connectivity index is 1.60. The van der Waals surface area contributed by atoms with Crippen molar-refractivity contribution in [3.05, 3.63) is 71.6 Å². The van der Waals surface area contributed by atoms with Crippen molar-refractivity contribution in [3.63, 3.8) is 0 Å². The fourth-order valence-electron chi connectivity index (χ4n) is 2.34. The number of hydrogen-bond donors (Lipinski definition) is 0. The largest absolute Gasteiger partial charge is 0.421 e. The van der Waals surface area contributed by atoms with Crippen molar-refractivity contribution in [3.8, 4) is 11.5 Å². The van der Waals surface area contributed by atoms with E-state index in [1.54, 1.807) is 0 Å². The molecule has 21 heavy (non-hydrogen) atoms. The third kappa shape index (κ3) is 3.57. The SMILES string of the molecule is Cc1cccc(-c2nnc(CCCc3ccccc3)o2)c1. The zero-order valence-corrected chi connectivity index (χ0v) is 12.1. The van der Waals surface area contributed by atoms with Crippen LogP contribution >= 0.6 is 0 Å². The van der Waals surface area contributed by atoms with Gasteiger partial charge in [0.1, 0.15) is 0 Å². The lowest BCUT2D eigenvalue weighted by Crippen LogP contribution is -1.90. The molecule has 3 nitrogen and oxygen atoms in total. The molecule has 0 fully saturated rings. The molecular weight excluding hydrogens is 260 g/mol. The summed E-state index contributed by atoms with van der Waals surface area (Å²) in [4.78, 5) is 0. The van der Waals surface area contributed by atoms with Crippen LogP contribution in [0.5, 0.6) is 0 Å². The highest BCUT2D eigenvalue weighted by Gasteiger charge is 2.08. The van der Waals surface area contributed by atoms with E-state index in [1.165, 1.54) is 11.1 Å². The number of aryl methyl sites for hydroxylation is 3. The Morgan fingerprint density at radius 2 is 1.76 bits per heavy atom. The highest BCUT2D eigenvalue weighted by molar-refractivity contribution is 5.53. The fourth-order valence-corrected chi connectivity index (χ4v) is 2.34. The van der Waals surface area contributed by atoms with Crippen LogP contribution in [0.15, 0.2) is 59.0 Å². The summed E-state index contributed by atoms with van der Waals surface area (Å²) in [6, 6.07) is 18.6. The predicted molar refractivity (Wildman–Crippen MR) is 82.9 cm³/mol. The molecule has 3 heteroatoms. The first kappa shape index (κ1) is 13.6. The Morgan fingerprint density at radius 1 is 0.905 bits per heavy atom. The summed E-state index contributed by atoms with van der Waals surface area (Å²) < 4.78 is 5.74. The van der Waals surface area contributed by atoms with Crippen LogP contribution in [0, 0.1) is 6.92 Å². The Kier molecular flexibility index (Phi) is 4.10. The average Bonchev–Trinajstić information content (AvgIpc) is 2.97. The molecule has 1 aromatic heterocycles. The summed E-state index contributed by atoms with van der Waals surface area (Å²) >= 11 is 0. The molecular formula is C18H18N2O. The van der Waals surface area contributed by atoms with Crippen LogP contribution in [0.4, 0.5) is 0 Å². The van der Waals surface area contributed by atoms with Crippen molar-refractivity contribution in [1.29, 1.82) is 0 Å². The lowest BCUT2D eigenvalue weighted by Gasteiger charge is -1.98. The van der Waals surface area contributed by atoms with Gasteiger partial charge >= 0.3 is 0 Å². The van der Waals surface area contributed by atoms with E-state index in [0.29, 0.717) is 11.8 Å². The summed E-state index contributed by atoms with van der Waals surface area (Å²) in [5.74, 6) is 1.32. The van der Waals surface area contributed by atoms with Crippen molar-refractivity contribution >= 4 is 0 Å². The topological polar surface area (TPSA) is 38.9 Å². The van der Waals surface area contributed by atoms with Gasteiger partial charge in [-0.15, -0.1) is 10.2 Å². The normalized spacial score (nSPS) is 10.7. The van der Waals surface area contributed by atoms with E-state index >= 15 is 0 Å². The third-order valence-electron chi connectivity index (χ3n) is 3.43. The van der Waals surface area contributed by atoms with Crippen LogP contribution in [0.1, 0.15) is 23.4 Å². The van der Waals surface area contributed by atoms with Gasteiger partial charge in [0.2, 0.25) is 11.8 Å². The second-order valence-corrected chi connectivity index (χ2v) is 5.21. The van der Waals surface area contributed by atoms with Gasteiger partial charge in [-0.2, -0.15) is 0 Å². The van der Waals surface area contributed by atoms with Crippen LogP contribution in [0.2, 0.25) is 0 Å². The van der Waals surface area contributed by atoms with Gasteiger partial charge in [-0.3, -0.25) is 0 Å². The van der Waals surface area contributed by atoms with Crippen LogP contribution in [0.3, 0.4) is 0 Å². The molecule has 0 amide bonds. The Bertz CT molecular complexity index is 704. The van der Waals surface area contributed by atoms with Gasteiger partial charge in [0.05, 0.1) is 0 Å². The van der Waals surface area contributed by atoms with Gasteiger partial charge in [0, 0.05) is 12.0 Å². The molecule has 0 radical (unpaired) electrons. The van der Waals surface area contributed by atoms with Crippen LogP contribution < -0.4 is 0 Å². The van der Waals surface area contributed by atoms with E-state index < -0.39 is 0 Å². The standard InChI is InChI=1S/C18H18N2O/c1-14-7-5-11-16(13-14)18-20-19-17(21-18)12-6-10-15-8-3-2-4-9-15/h2-5,7-9,11,13H,6,10,12H2,1H3. The van der Waals surface area contributed by atoms with Gasteiger partial charge in [-0.05, 0) is 37.5 Å². The van der Waals surface area contributed by atoms with E-state index in [0.717, 1.165) is 24.8 Å². The van der Waals surface area contributed by atoms with E-state index in [2.05, 4.69) is 53.5 Å². The molecule has 0 saturated carbocycles. The minimum Gasteiger partial charge on any atom is -0.421 e. The van der Waals surface area contributed by atoms with Crippen LogP contribution in [0.25, 0.3) is 11.5 Å². The van der Waals surface area contributed by atoms with Crippen molar-refractivity contribution in [2.24, 2.45) is 0 Å². The molecule has 0 aliphatic carbocycles. The fraction of sp³-hybridized carbons (Fsp3) is 0.222. The number of aromatic nitrogens is 2. The molecule has 0 saturated heterocycles. The molecule has 0 aliphatic heterocycles. The molecule has 0 unspecified atom stereocenters. The molecule has 2 aromatic carbocycles. The number of nitrogens with zero attached hydrogens (tertiary/aromatic N) is 2. The van der Waals surface area contributed by atoms with Gasteiger partial charge < -0.3 is 4.42 Å². The lowest BCUT2D eigenvalue weighted by molar-refractivity contribution is 0.497. The summed E-state index contributed by atoms with van der Waals surface area (Å²) in [5.41, 5.74) is 3.52. The molecule has 0 aliphatic rings. The second kappa shape index (κ2) is 6.35. The molecule has 0 atom stereocenters. The molecule has 1 heterocycles. The van der Waals surface area contributed by atoms with Crippen molar-refractivity contribution in [2.75, 3.05) is 0 Å². The molecule has 3 rings (SSSR count). The molecule has 0 spiro atoms. The van der Waals surface area contributed by atoms with Crippen molar-refractivity contribution in [1.82, 2.24) is 10.2 Å². The van der Waals surface area contributed by atoms with E-state index in [9.17, 15) is 0 Å².